The maximum Gasteiger partial charge on any atom is 0.333 e. The minimum Gasteiger partial charge on any atom is -0.375 e. The van der Waals surface area contributed by atoms with Crippen LogP contribution in [-0.2, 0) is 0 Å². The van der Waals surface area contributed by atoms with Crippen molar-refractivity contribution in [1.29, 1.82) is 5.26 Å². The molecule has 398 valence electrons. The van der Waals surface area contributed by atoms with Gasteiger partial charge in [-0.15, -0.1) is 11.3 Å². The number of hydrogen-bond acceptors (Lipinski definition) is 2. The molecule has 0 atom stereocenters. The van der Waals surface area contributed by atoms with Gasteiger partial charge in [0.1, 0.15) is 0 Å². The SMILES string of the molecule is N#Cc1ccc2c3ccccc3n3c2c1B(n1c2ccccc2c2c(-c4ccc5c(c4)sc4c5ccc5c4c4cccc6c4n5-c4ccccc4B6n4c5ccccc5c5cccc(-c6ccccc6)c54)ccc(-c4ccccc4)c21)c1ccccc1-3. The maximum absolute atomic E-state index is 11.2. The number of hydrogen-bond donors (Lipinski definition) is 0. The Morgan fingerprint density at radius 3 is 1.62 bits per heavy atom. The third kappa shape index (κ3) is 6.17. The fraction of sp³-hybridized carbons (Fsp3) is 0. The van der Waals surface area contributed by atoms with Gasteiger partial charge in [0.05, 0.1) is 33.7 Å². The predicted molar refractivity (Wildman–Crippen MR) is 369 cm³/mol. The van der Waals surface area contributed by atoms with Crippen LogP contribution in [0.4, 0.5) is 0 Å². The molecule has 8 heteroatoms. The zero-order chi connectivity index (χ0) is 56.8. The van der Waals surface area contributed by atoms with Crippen molar-refractivity contribution in [3.8, 4) is 50.8 Å². The summed E-state index contributed by atoms with van der Waals surface area (Å²) in [6.45, 7) is -0.411. The van der Waals surface area contributed by atoms with E-state index < -0.39 is 0 Å². The van der Waals surface area contributed by atoms with E-state index in [1.165, 1.54) is 119 Å². The lowest BCUT2D eigenvalue weighted by Crippen LogP contribution is -2.54. The van der Waals surface area contributed by atoms with Crippen LogP contribution in [0.3, 0.4) is 0 Å². The molecule has 13 aromatic carbocycles. The number of rotatable bonds is 5. The molecule has 7 heterocycles. The molecule has 20 rings (SSSR count). The standard InChI is InChI=1S/C79H45B2N5S/c82-46-50-38-40-58-54-23-7-12-32-65(54)83-69-36-16-11-30-63(69)81(74(50)78(58)83)86-67-34-14-9-25-60(67)72-51(41-42-53(77(72)86)48-21-5-2-6-22-48)49-37-39-56-59-43-44-70-73(79(59)87-71(56)45-49)61-28-18-31-64-76(61)84(70)68-35-15-10-29-62(68)80(64)85-66-33-13-8-24-55(66)57-27-17-26-52(75(57)85)47-19-3-1-4-20-47/h1-45H. The molecule has 0 saturated carbocycles. The minimum atomic E-state index is -0.321. The van der Waals surface area contributed by atoms with Gasteiger partial charge in [-0.25, -0.2) is 0 Å². The molecular weight excluding hydrogens is 1070 g/mol. The van der Waals surface area contributed by atoms with E-state index >= 15 is 0 Å². The van der Waals surface area contributed by atoms with Crippen molar-refractivity contribution >= 4 is 154 Å². The van der Waals surface area contributed by atoms with Crippen LogP contribution in [0, 0.1) is 11.3 Å². The van der Waals surface area contributed by atoms with Crippen LogP contribution >= 0.6 is 11.3 Å². The molecule has 2 aliphatic heterocycles. The van der Waals surface area contributed by atoms with Gasteiger partial charge in [-0.3, -0.25) is 0 Å². The normalized spacial score (nSPS) is 12.8. The lowest BCUT2D eigenvalue weighted by atomic mass is 9.47. The Hall–Kier alpha value is -11.1. The first-order valence-electron chi connectivity index (χ1n) is 30.0. The Morgan fingerprint density at radius 1 is 0.322 bits per heavy atom. The third-order valence-electron chi connectivity index (χ3n) is 19.5. The molecule has 0 saturated heterocycles. The maximum atomic E-state index is 11.2. The summed E-state index contributed by atoms with van der Waals surface area (Å²) in [5.41, 5.74) is 24.4. The van der Waals surface area contributed by atoms with E-state index in [0.29, 0.717) is 5.56 Å². The van der Waals surface area contributed by atoms with Crippen molar-refractivity contribution in [3.63, 3.8) is 0 Å². The fourth-order valence-corrected chi connectivity index (χ4v) is 17.4. The van der Waals surface area contributed by atoms with E-state index in [2.05, 4.69) is 297 Å². The van der Waals surface area contributed by atoms with Crippen LogP contribution in [0.5, 0.6) is 0 Å². The Balaban J connectivity index is 0.828. The molecule has 5 nitrogen and oxygen atoms in total. The predicted octanol–water partition coefficient (Wildman–Crippen LogP) is 17.3. The summed E-state index contributed by atoms with van der Waals surface area (Å²) >= 11 is 1.92. The first-order chi connectivity index (χ1) is 43.2. The number of benzene rings is 13. The zero-order valence-corrected chi connectivity index (χ0v) is 47.6. The van der Waals surface area contributed by atoms with E-state index in [0.717, 1.165) is 55.2 Å². The van der Waals surface area contributed by atoms with Crippen LogP contribution in [0.15, 0.2) is 273 Å². The monoisotopic (exact) mass is 1120 g/mol. The lowest BCUT2D eigenvalue weighted by Gasteiger charge is -2.29. The van der Waals surface area contributed by atoms with E-state index in [9.17, 15) is 5.26 Å². The van der Waals surface area contributed by atoms with Crippen LogP contribution in [0.1, 0.15) is 5.56 Å². The Bertz CT molecular complexity index is 6110. The van der Waals surface area contributed by atoms with Gasteiger partial charge in [-0.2, -0.15) is 5.26 Å². The molecule has 0 fully saturated rings. The van der Waals surface area contributed by atoms with Gasteiger partial charge in [-0.05, 0) is 92.6 Å². The highest BCUT2D eigenvalue weighted by atomic mass is 32.1. The highest BCUT2D eigenvalue weighted by Gasteiger charge is 2.40. The second kappa shape index (κ2) is 17.5. The Labute approximate surface area is 503 Å². The number of fused-ring (bicyclic) bond motifs is 20. The summed E-state index contributed by atoms with van der Waals surface area (Å²) in [4.78, 5) is 0. The molecule has 0 radical (unpaired) electrons. The van der Waals surface area contributed by atoms with Crippen LogP contribution in [-0.4, -0.2) is 31.8 Å². The summed E-state index contributed by atoms with van der Waals surface area (Å²) in [6.07, 6.45) is 0. The second-order valence-corrected chi connectivity index (χ2v) is 24.7. The largest absolute Gasteiger partial charge is 0.375 e. The van der Waals surface area contributed by atoms with E-state index in [1.54, 1.807) is 0 Å². The van der Waals surface area contributed by atoms with Crippen LogP contribution in [0.25, 0.3) is 152 Å². The molecule has 0 unspecified atom stereocenters. The average molecular weight is 1120 g/mol. The molecular formula is C79H45B2N5S. The average Bonchev–Trinajstić information content (AvgIpc) is 1.89. The molecule has 0 bridgehead atoms. The van der Waals surface area contributed by atoms with Gasteiger partial charge in [-0.1, -0.05) is 224 Å². The number of nitrogens with zero attached hydrogens (tertiary/aromatic N) is 5. The zero-order valence-electron chi connectivity index (χ0n) is 46.8. The van der Waals surface area contributed by atoms with Crippen molar-refractivity contribution in [3.05, 3.63) is 279 Å². The van der Waals surface area contributed by atoms with Crippen molar-refractivity contribution < 1.29 is 0 Å². The quantitative estimate of drug-likeness (QED) is 0.158. The number of thiophene rings is 1. The van der Waals surface area contributed by atoms with Gasteiger partial charge in [0.25, 0.3) is 0 Å². The van der Waals surface area contributed by atoms with Gasteiger partial charge in [0.2, 0.25) is 0 Å². The number of nitriles is 1. The summed E-state index contributed by atoms with van der Waals surface area (Å²) in [5, 5.41) is 23.6. The highest BCUT2D eigenvalue weighted by Crippen LogP contribution is 2.48. The summed E-state index contributed by atoms with van der Waals surface area (Å²) in [6, 6.07) is 104. The van der Waals surface area contributed by atoms with Crippen molar-refractivity contribution in [2.24, 2.45) is 0 Å². The smallest absolute Gasteiger partial charge is 0.333 e. The number of aromatic nitrogens is 4. The summed E-state index contributed by atoms with van der Waals surface area (Å²) < 4.78 is 12.8. The Morgan fingerprint density at radius 2 is 0.862 bits per heavy atom. The van der Waals surface area contributed by atoms with Gasteiger partial charge in [0.15, 0.2) is 0 Å². The molecule has 0 aliphatic carbocycles. The van der Waals surface area contributed by atoms with Crippen molar-refractivity contribution in [1.82, 2.24) is 18.1 Å². The van der Waals surface area contributed by atoms with Crippen molar-refractivity contribution in [2.45, 2.75) is 0 Å². The van der Waals surface area contributed by atoms with E-state index in [1.807, 2.05) is 11.3 Å². The molecule has 87 heavy (non-hydrogen) atoms. The van der Waals surface area contributed by atoms with E-state index in [4.69, 9.17) is 0 Å². The molecule has 0 N–H and O–H groups in total. The topological polar surface area (TPSA) is 43.5 Å². The fourth-order valence-electron chi connectivity index (χ4n) is 16.1. The van der Waals surface area contributed by atoms with E-state index in [-0.39, 0.29) is 13.7 Å². The summed E-state index contributed by atoms with van der Waals surface area (Å²) in [5.74, 6) is 0. The van der Waals surface area contributed by atoms with Gasteiger partial charge >= 0.3 is 13.7 Å². The molecule has 5 aromatic heterocycles. The first kappa shape index (κ1) is 47.3. The first-order valence-corrected chi connectivity index (χ1v) is 30.8. The van der Waals surface area contributed by atoms with Gasteiger partial charge in [0, 0.05) is 108 Å². The molecule has 0 amide bonds. The Kier molecular flexibility index (Phi) is 9.51. The minimum absolute atomic E-state index is 0.0907. The van der Waals surface area contributed by atoms with Crippen LogP contribution in [0.2, 0.25) is 0 Å². The van der Waals surface area contributed by atoms with Gasteiger partial charge < -0.3 is 18.1 Å². The second-order valence-electron chi connectivity index (χ2n) is 23.6. The summed E-state index contributed by atoms with van der Waals surface area (Å²) in [7, 11) is 0. The highest BCUT2D eigenvalue weighted by molar-refractivity contribution is 7.26. The van der Waals surface area contributed by atoms with Crippen LogP contribution < -0.4 is 21.9 Å². The molecule has 2 aliphatic rings. The number of para-hydroxylation sites is 7. The lowest BCUT2D eigenvalue weighted by molar-refractivity contribution is 1.18. The molecule has 0 spiro atoms. The molecule has 18 aromatic rings. The third-order valence-corrected chi connectivity index (χ3v) is 20.7. The van der Waals surface area contributed by atoms with Crippen molar-refractivity contribution in [2.75, 3.05) is 0 Å².